The molecule has 0 aromatic heterocycles. The molecule has 4 rings (SSSR count). The van der Waals surface area contributed by atoms with Crippen LogP contribution in [0.4, 0.5) is 0 Å². The highest BCUT2D eigenvalue weighted by molar-refractivity contribution is 5.89. The van der Waals surface area contributed by atoms with E-state index in [1.54, 1.807) is 0 Å². The Morgan fingerprint density at radius 3 is 2.55 bits per heavy atom. The van der Waals surface area contributed by atoms with Crippen molar-refractivity contribution in [1.82, 2.24) is 4.90 Å². The van der Waals surface area contributed by atoms with Gasteiger partial charge in [-0.1, -0.05) is 62.4 Å². The molecule has 1 N–H and O–H groups in total. The van der Waals surface area contributed by atoms with E-state index < -0.39 is 5.60 Å². The third kappa shape index (κ3) is 5.83. The molecule has 1 aliphatic carbocycles. The summed E-state index contributed by atoms with van der Waals surface area (Å²) in [7, 11) is 0. The number of hydrogen-bond donors (Lipinski definition) is 1. The lowest BCUT2D eigenvalue weighted by Gasteiger charge is -2.42. The van der Waals surface area contributed by atoms with Crippen molar-refractivity contribution in [3.05, 3.63) is 71.5 Å². The molecule has 1 amide bonds. The van der Waals surface area contributed by atoms with E-state index in [1.165, 1.54) is 11.8 Å². The molecule has 2 aliphatic heterocycles. The number of nitrogens with zero attached hydrogens (tertiary/aromatic N) is 1. The van der Waals surface area contributed by atoms with Gasteiger partial charge < -0.3 is 19.8 Å². The standard InChI is InChI=1S/C20H25NO3.C8H13N/c1-3-7-14(2)23-16-12-20(13-16)19(22)21-17(10-11-18(21)24-20)15-8-5-4-6-9-15;1-3-4-5-6-8(2)7-9/h4-9,16-18H,3,10-13H2,1-2H3;4-7,9H,3H2,1-2H3/b14-7-;5-4-,8-6+,9-7?. The van der Waals surface area contributed by atoms with Crippen molar-refractivity contribution >= 4 is 12.1 Å². The zero-order valence-electron chi connectivity index (χ0n) is 20.4. The maximum atomic E-state index is 13.1. The summed E-state index contributed by atoms with van der Waals surface area (Å²) in [5.41, 5.74) is 1.57. The number of nitrogens with one attached hydrogen (secondary N) is 1. The molecular formula is C28H38N2O3. The van der Waals surface area contributed by atoms with Crippen LogP contribution in [0.5, 0.6) is 0 Å². The lowest BCUT2D eigenvalue weighted by atomic mass is 9.76. The van der Waals surface area contributed by atoms with Gasteiger partial charge in [0.05, 0.1) is 11.8 Å². The lowest BCUT2D eigenvalue weighted by Crippen LogP contribution is -2.54. The van der Waals surface area contributed by atoms with Crippen LogP contribution in [0.1, 0.15) is 77.8 Å². The van der Waals surface area contributed by atoms with Crippen LogP contribution in [-0.4, -0.2) is 35.0 Å². The monoisotopic (exact) mass is 450 g/mol. The SMILES string of the molecule is CC/C=C(/C)OC1CC2(C1)OC1CCC(c3ccccc3)N1C2=O.CC/C=C\C=C(/C)C=N. The number of allylic oxidation sites excluding steroid dienone is 6. The summed E-state index contributed by atoms with van der Waals surface area (Å²) >= 11 is 0. The van der Waals surface area contributed by atoms with Crippen LogP contribution in [0.25, 0.3) is 0 Å². The Bertz CT molecular complexity index is 897. The van der Waals surface area contributed by atoms with E-state index in [0.717, 1.165) is 37.0 Å². The second-order valence-corrected chi connectivity index (χ2v) is 9.05. The average molecular weight is 451 g/mol. The minimum absolute atomic E-state index is 0.0593. The summed E-state index contributed by atoms with van der Waals surface area (Å²) in [6.07, 6.45) is 14.7. The van der Waals surface area contributed by atoms with Crippen molar-refractivity contribution < 1.29 is 14.3 Å². The summed E-state index contributed by atoms with van der Waals surface area (Å²) < 4.78 is 12.1. The third-order valence-electron chi connectivity index (χ3n) is 6.42. The first-order valence-electron chi connectivity index (χ1n) is 12.2. The van der Waals surface area contributed by atoms with Gasteiger partial charge in [0, 0.05) is 19.1 Å². The van der Waals surface area contributed by atoms with E-state index in [-0.39, 0.29) is 24.3 Å². The molecule has 2 atom stereocenters. The highest BCUT2D eigenvalue weighted by Gasteiger charge is 2.63. The predicted molar refractivity (Wildman–Crippen MR) is 133 cm³/mol. The van der Waals surface area contributed by atoms with Crippen LogP contribution in [0, 0.1) is 5.41 Å². The van der Waals surface area contributed by atoms with Gasteiger partial charge in [-0.25, -0.2) is 0 Å². The van der Waals surface area contributed by atoms with Gasteiger partial charge in [-0.05, 0) is 56.7 Å². The minimum atomic E-state index is -0.630. The van der Waals surface area contributed by atoms with Crippen LogP contribution in [0.3, 0.4) is 0 Å². The maximum absolute atomic E-state index is 13.1. The van der Waals surface area contributed by atoms with E-state index in [4.69, 9.17) is 14.9 Å². The normalized spacial score (nSPS) is 29.0. The van der Waals surface area contributed by atoms with Crippen molar-refractivity contribution in [2.24, 2.45) is 0 Å². The first-order valence-corrected chi connectivity index (χ1v) is 12.2. The number of ether oxygens (including phenoxy) is 2. The van der Waals surface area contributed by atoms with Crippen molar-refractivity contribution in [3.8, 4) is 0 Å². The quantitative estimate of drug-likeness (QED) is 0.293. The second-order valence-electron chi connectivity index (χ2n) is 9.05. The van der Waals surface area contributed by atoms with E-state index in [0.29, 0.717) is 12.8 Å². The smallest absolute Gasteiger partial charge is 0.257 e. The van der Waals surface area contributed by atoms with Gasteiger partial charge in [-0.15, -0.1) is 0 Å². The molecule has 1 aromatic rings. The molecule has 33 heavy (non-hydrogen) atoms. The van der Waals surface area contributed by atoms with Crippen LogP contribution in [0.15, 0.2) is 66.0 Å². The molecule has 5 heteroatoms. The van der Waals surface area contributed by atoms with E-state index >= 15 is 0 Å². The maximum Gasteiger partial charge on any atom is 0.257 e. The van der Waals surface area contributed by atoms with Crippen LogP contribution < -0.4 is 0 Å². The van der Waals surface area contributed by atoms with E-state index in [2.05, 4.69) is 38.1 Å². The van der Waals surface area contributed by atoms with Crippen molar-refractivity contribution in [3.63, 3.8) is 0 Å². The molecule has 178 valence electrons. The molecule has 2 heterocycles. The molecule has 2 unspecified atom stereocenters. The Balaban J connectivity index is 0.000000292. The number of hydrogen-bond acceptors (Lipinski definition) is 4. The van der Waals surface area contributed by atoms with Crippen LogP contribution >= 0.6 is 0 Å². The van der Waals surface area contributed by atoms with Crippen molar-refractivity contribution in [2.45, 2.75) is 90.2 Å². The Kier molecular flexibility index (Phi) is 8.67. The van der Waals surface area contributed by atoms with E-state index in [1.807, 2.05) is 49.1 Å². The lowest BCUT2D eigenvalue weighted by molar-refractivity contribution is -0.168. The first kappa shape index (κ1) is 25.0. The fraction of sp³-hybridized carbons (Fsp3) is 0.500. The number of benzene rings is 1. The van der Waals surface area contributed by atoms with Gasteiger partial charge in [0.2, 0.25) is 0 Å². The number of carbonyl (C=O) groups excluding carboxylic acids is 1. The Morgan fingerprint density at radius 1 is 1.18 bits per heavy atom. The van der Waals surface area contributed by atoms with Gasteiger partial charge in [0.25, 0.3) is 5.91 Å². The molecular weight excluding hydrogens is 412 g/mol. The molecule has 3 aliphatic rings. The van der Waals surface area contributed by atoms with Gasteiger partial charge in [0.1, 0.15) is 12.3 Å². The summed E-state index contributed by atoms with van der Waals surface area (Å²) in [4.78, 5) is 15.0. The molecule has 1 spiro atoms. The van der Waals surface area contributed by atoms with Gasteiger partial charge >= 0.3 is 0 Å². The number of carbonyl (C=O) groups is 1. The Hall–Kier alpha value is -2.66. The molecule has 0 radical (unpaired) electrons. The Labute approximate surface area is 198 Å². The van der Waals surface area contributed by atoms with Crippen LogP contribution in [-0.2, 0) is 14.3 Å². The first-order chi connectivity index (χ1) is 15.9. The Morgan fingerprint density at radius 2 is 1.91 bits per heavy atom. The van der Waals surface area contributed by atoms with Crippen molar-refractivity contribution in [1.29, 1.82) is 5.41 Å². The molecule has 1 aromatic carbocycles. The summed E-state index contributed by atoms with van der Waals surface area (Å²) in [5, 5.41) is 6.82. The minimum Gasteiger partial charge on any atom is -0.495 e. The summed E-state index contributed by atoms with van der Waals surface area (Å²) in [6.45, 7) is 8.07. The van der Waals surface area contributed by atoms with Gasteiger partial charge in [-0.3, -0.25) is 4.79 Å². The zero-order valence-corrected chi connectivity index (χ0v) is 20.4. The summed E-state index contributed by atoms with van der Waals surface area (Å²) in [5.74, 6) is 1.11. The van der Waals surface area contributed by atoms with Crippen LogP contribution in [0.2, 0.25) is 0 Å². The average Bonchev–Trinajstić information content (AvgIpc) is 3.33. The van der Waals surface area contributed by atoms with E-state index in [9.17, 15) is 4.79 Å². The highest BCUT2D eigenvalue weighted by Crippen LogP contribution is 2.52. The summed E-state index contributed by atoms with van der Waals surface area (Å²) in [6, 6.07) is 10.5. The largest absolute Gasteiger partial charge is 0.495 e. The fourth-order valence-electron chi connectivity index (χ4n) is 4.75. The van der Waals surface area contributed by atoms with Gasteiger partial charge in [-0.2, -0.15) is 0 Å². The highest BCUT2D eigenvalue weighted by atomic mass is 16.6. The van der Waals surface area contributed by atoms with Gasteiger partial charge in [0.15, 0.2) is 5.60 Å². The molecule has 1 saturated carbocycles. The zero-order chi connectivity index (χ0) is 23.8. The molecule has 3 fully saturated rings. The van der Waals surface area contributed by atoms with Crippen molar-refractivity contribution in [2.75, 3.05) is 0 Å². The topological polar surface area (TPSA) is 62.6 Å². The number of fused-ring (bicyclic) bond motifs is 1. The number of amides is 1. The molecule has 5 nitrogen and oxygen atoms in total. The fourth-order valence-corrected chi connectivity index (χ4v) is 4.75. The second kappa shape index (κ2) is 11.5. The third-order valence-corrected chi connectivity index (χ3v) is 6.42. The predicted octanol–water partition coefficient (Wildman–Crippen LogP) is 6.49. The number of rotatable bonds is 7. The molecule has 0 bridgehead atoms. The molecule has 2 saturated heterocycles.